The molecule has 0 saturated carbocycles. The predicted octanol–water partition coefficient (Wildman–Crippen LogP) is 1.64. The molecule has 2 atom stereocenters. The first-order valence-electron chi connectivity index (χ1n) is 6.11. The van der Waals surface area contributed by atoms with Gasteiger partial charge in [0.15, 0.2) is 6.10 Å². The predicted molar refractivity (Wildman–Crippen MR) is 77.3 cm³/mol. The number of hydrogen-bond donors (Lipinski definition) is 3. The van der Waals surface area contributed by atoms with Gasteiger partial charge in [0.1, 0.15) is 0 Å². The monoisotopic (exact) mass is 328 g/mol. The summed E-state index contributed by atoms with van der Waals surface area (Å²) in [5.41, 5.74) is 2.14. The molecule has 19 heavy (non-hydrogen) atoms. The Hall–Kier alpha value is -1.11. The Labute approximate surface area is 120 Å². The molecule has 2 rings (SSSR count). The number of hydrogen-bond acceptors (Lipinski definition) is 4. The van der Waals surface area contributed by atoms with E-state index in [4.69, 9.17) is 0 Å². The average molecular weight is 329 g/mol. The van der Waals surface area contributed by atoms with E-state index in [0.29, 0.717) is 24.2 Å². The number of benzene rings is 1. The van der Waals surface area contributed by atoms with Crippen LogP contribution in [0, 0.1) is 0 Å². The molecular formula is C13H17BrN2O3. The van der Waals surface area contributed by atoms with E-state index in [9.17, 15) is 15.0 Å². The molecule has 0 spiro atoms. The van der Waals surface area contributed by atoms with E-state index < -0.39 is 12.0 Å². The van der Waals surface area contributed by atoms with Crippen LogP contribution in [0.4, 0.5) is 11.4 Å². The molecule has 0 radical (unpaired) electrons. The van der Waals surface area contributed by atoms with Gasteiger partial charge in [-0.2, -0.15) is 0 Å². The molecule has 0 bridgehead atoms. The number of halogens is 1. The molecule has 5 nitrogen and oxygen atoms in total. The van der Waals surface area contributed by atoms with Gasteiger partial charge in [0, 0.05) is 29.3 Å². The maximum Gasteiger partial charge on any atom is 0.257 e. The number of rotatable bonds is 4. The SMILES string of the molecule is CC(O)CCN(C)c1cc2c(cc1Br)C(O)C(=O)N2. The van der Waals surface area contributed by atoms with Crippen LogP contribution in [0.25, 0.3) is 0 Å². The number of fused-ring (bicyclic) bond motifs is 1. The summed E-state index contributed by atoms with van der Waals surface area (Å²) in [7, 11) is 1.92. The molecule has 104 valence electrons. The number of carbonyl (C=O) groups is 1. The van der Waals surface area contributed by atoms with Gasteiger partial charge < -0.3 is 20.4 Å². The van der Waals surface area contributed by atoms with Crippen LogP contribution in [0.15, 0.2) is 16.6 Å². The third-order valence-corrected chi connectivity index (χ3v) is 3.85. The fraction of sp³-hybridized carbons (Fsp3) is 0.462. The third kappa shape index (κ3) is 2.91. The number of nitrogens with one attached hydrogen (secondary N) is 1. The summed E-state index contributed by atoms with van der Waals surface area (Å²) >= 11 is 3.45. The number of carbonyl (C=O) groups excluding carboxylic acids is 1. The molecule has 0 fully saturated rings. The van der Waals surface area contributed by atoms with Gasteiger partial charge in [0.25, 0.3) is 5.91 Å². The highest BCUT2D eigenvalue weighted by atomic mass is 79.9. The van der Waals surface area contributed by atoms with E-state index in [-0.39, 0.29) is 6.10 Å². The van der Waals surface area contributed by atoms with Crippen molar-refractivity contribution in [3.63, 3.8) is 0 Å². The van der Waals surface area contributed by atoms with Crippen molar-refractivity contribution in [3.8, 4) is 0 Å². The van der Waals surface area contributed by atoms with Crippen molar-refractivity contribution >= 4 is 33.2 Å². The van der Waals surface area contributed by atoms with Crippen molar-refractivity contribution in [2.75, 3.05) is 23.8 Å². The highest BCUT2D eigenvalue weighted by Gasteiger charge is 2.29. The van der Waals surface area contributed by atoms with Gasteiger partial charge >= 0.3 is 0 Å². The number of nitrogens with zero attached hydrogens (tertiary/aromatic N) is 1. The lowest BCUT2D eigenvalue weighted by atomic mass is 10.1. The minimum absolute atomic E-state index is 0.350. The van der Waals surface area contributed by atoms with Gasteiger partial charge in [-0.05, 0) is 41.4 Å². The Morgan fingerprint density at radius 3 is 2.84 bits per heavy atom. The van der Waals surface area contributed by atoms with Crippen molar-refractivity contribution in [1.29, 1.82) is 0 Å². The summed E-state index contributed by atoms with van der Waals surface area (Å²) < 4.78 is 0.815. The van der Waals surface area contributed by atoms with Gasteiger partial charge in [0.2, 0.25) is 0 Å². The fourth-order valence-electron chi connectivity index (χ4n) is 2.05. The average Bonchev–Trinajstić information content (AvgIpc) is 2.61. The molecule has 1 aromatic carbocycles. The van der Waals surface area contributed by atoms with Crippen molar-refractivity contribution in [2.45, 2.75) is 25.6 Å². The van der Waals surface area contributed by atoms with E-state index in [1.54, 1.807) is 13.0 Å². The van der Waals surface area contributed by atoms with Crippen LogP contribution < -0.4 is 10.2 Å². The number of aliphatic hydroxyl groups excluding tert-OH is 2. The summed E-state index contributed by atoms with van der Waals surface area (Å²) in [6.07, 6.45) is -0.782. The third-order valence-electron chi connectivity index (χ3n) is 3.21. The van der Waals surface area contributed by atoms with E-state index in [1.807, 2.05) is 18.0 Å². The first-order chi connectivity index (χ1) is 8.90. The van der Waals surface area contributed by atoms with E-state index in [0.717, 1.165) is 10.2 Å². The van der Waals surface area contributed by atoms with Gasteiger partial charge in [0.05, 0.1) is 11.8 Å². The molecule has 1 aromatic rings. The standard InChI is InChI=1S/C13H17BrN2O3/c1-7(17)3-4-16(2)11-6-10-8(5-9(11)14)12(18)13(19)15-10/h5-7,12,17-18H,3-4H2,1-2H3,(H,15,19). The first kappa shape index (κ1) is 14.3. The summed E-state index contributed by atoms with van der Waals surface area (Å²) in [4.78, 5) is 13.4. The van der Waals surface area contributed by atoms with E-state index in [1.165, 1.54) is 0 Å². The second-order valence-electron chi connectivity index (χ2n) is 4.84. The number of amides is 1. The van der Waals surface area contributed by atoms with Crippen LogP contribution in [0.3, 0.4) is 0 Å². The Balaban J connectivity index is 2.24. The van der Waals surface area contributed by atoms with Gasteiger partial charge in [-0.25, -0.2) is 0 Å². The minimum Gasteiger partial charge on any atom is -0.393 e. The summed E-state index contributed by atoms with van der Waals surface area (Å²) in [5, 5.41) is 21.7. The first-order valence-corrected chi connectivity index (χ1v) is 6.91. The highest BCUT2D eigenvalue weighted by Crippen LogP contribution is 2.38. The zero-order valence-corrected chi connectivity index (χ0v) is 12.4. The maximum atomic E-state index is 11.4. The number of anilines is 2. The second-order valence-corrected chi connectivity index (χ2v) is 5.70. The topological polar surface area (TPSA) is 72.8 Å². The number of aliphatic hydroxyl groups is 2. The molecule has 6 heteroatoms. The molecule has 1 amide bonds. The Morgan fingerprint density at radius 1 is 1.53 bits per heavy atom. The van der Waals surface area contributed by atoms with Gasteiger partial charge in [-0.15, -0.1) is 0 Å². The maximum absolute atomic E-state index is 11.4. The van der Waals surface area contributed by atoms with Crippen molar-refractivity contribution in [2.24, 2.45) is 0 Å². The smallest absolute Gasteiger partial charge is 0.257 e. The highest BCUT2D eigenvalue weighted by molar-refractivity contribution is 9.10. The van der Waals surface area contributed by atoms with Crippen molar-refractivity contribution in [1.82, 2.24) is 0 Å². The van der Waals surface area contributed by atoms with E-state index >= 15 is 0 Å². The van der Waals surface area contributed by atoms with E-state index in [2.05, 4.69) is 21.2 Å². The van der Waals surface area contributed by atoms with Crippen LogP contribution in [0.5, 0.6) is 0 Å². The van der Waals surface area contributed by atoms with Crippen LogP contribution in [-0.4, -0.2) is 35.8 Å². The lowest BCUT2D eigenvalue weighted by Crippen LogP contribution is -2.22. The molecule has 2 unspecified atom stereocenters. The van der Waals surface area contributed by atoms with Crippen LogP contribution in [0.2, 0.25) is 0 Å². The van der Waals surface area contributed by atoms with Gasteiger partial charge in [-0.3, -0.25) is 4.79 Å². The Morgan fingerprint density at radius 2 is 2.21 bits per heavy atom. The van der Waals surface area contributed by atoms with Crippen molar-refractivity contribution in [3.05, 3.63) is 22.2 Å². The summed E-state index contributed by atoms with van der Waals surface area (Å²) in [6.45, 7) is 2.45. The molecule has 3 N–H and O–H groups in total. The lowest BCUT2D eigenvalue weighted by molar-refractivity contribution is -0.123. The van der Waals surface area contributed by atoms with Crippen LogP contribution in [-0.2, 0) is 4.79 Å². The molecule has 0 aliphatic carbocycles. The molecular weight excluding hydrogens is 312 g/mol. The lowest BCUT2D eigenvalue weighted by Gasteiger charge is -2.22. The zero-order valence-electron chi connectivity index (χ0n) is 10.9. The molecule has 1 aliphatic rings. The molecule has 1 aliphatic heterocycles. The van der Waals surface area contributed by atoms with Gasteiger partial charge in [-0.1, -0.05) is 0 Å². The normalized spacial score (nSPS) is 19.0. The Kier molecular flexibility index (Phi) is 4.13. The van der Waals surface area contributed by atoms with Crippen molar-refractivity contribution < 1.29 is 15.0 Å². The molecule has 1 heterocycles. The fourth-order valence-corrected chi connectivity index (χ4v) is 2.71. The summed E-state index contributed by atoms with van der Waals surface area (Å²) in [6, 6.07) is 3.59. The Bertz CT molecular complexity index is 505. The summed E-state index contributed by atoms with van der Waals surface area (Å²) in [5.74, 6) is -0.398. The molecule has 0 saturated heterocycles. The van der Waals surface area contributed by atoms with Crippen LogP contribution >= 0.6 is 15.9 Å². The zero-order chi connectivity index (χ0) is 14.2. The molecule has 0 aromatic heterocycles. The minimum atomic E-state index is -1.09. The van der Waals surface area contributed by atoms with Crippen LogP contribution in [0.1, 0.15) is 25.0 Å². The largest absolute Gasteiger partial charge is 0.393 e. The quantitative estimate of drug-likeness (QED) is 0.785. The second kappa shape index (κ2) is 5.48.